The molecule has 3 rings (SSSR count). The Labute approximate surface area is 113 Å². The van der Waals surface area contributed by atoms with Crippen LogP contribution in [0.5, 0.6) is 0 Å². The van der Waals surface area contributed by atoms with Crippen molar-refractivity contribution in [2.45, 2.75) is 19.0 Å². The first-order valence-corrected chi connectivity index (χ1v) is 5.96. The van der Waals surface area contributed by atoms with Crippen LogP contribution in [-0.4, -0.2) is 34.0 Å². The maximum absolute atomic E-state index is 11.6. The van der Waals surface area contributed by atoms with Crippen molar-refractivity contribution in [3.05, 3.63) is 33.9 Å². The van der Waals surface area contributed by atoms with Crippen LogP contribution >= 0.6 is 0 Å². The van der Waals surface area contributed by atoms with E-state index in [1.165, 1.54) is 12.4 Å². The molecule has 0 bridgehead atoms. The summed E-state index contributed by atoms with van der Waals surface area (Å²) in [6.45, 7) is 0.182. The Kier molecular flexibility index (Phi) is 2.70. The Morgan fingerprint density at radius 1 is 1.40 bits per heavy atom. The van der Waals surface area contributed by atoms with Crippen molar-refractivity contribution in [3.63, 3.8) is 0 Å². The molecule has 20 heavy (non-hydrogen) atoms. The van der Waals surface area contributed by atoms with Crippen molar-refractivity contribution in [2.75, 3.05) is 0 Å². The van der Waals surface area contributed by atoms with Crippen LogP contribution in [0.3, 0.4) is 0 Å². The highest BCUT2D eigenvalue weighted by molar-refractivity contribution is 6.06. The average molecular weight is 274 g/mol. The molecule has 8 heteroatoms. The fraction of sp³-hybridized carbons (Fsp3) is 0.250. The van der Waals surface area contributed by atoms with Gasteiger partial charge in [-0.25, -0.2) is 4.99 Å². The maximum Gasteiger partial charge on any atom is 0.276 e. The monoisotopic (exact) mass is 274 g/mol. The zero-order chi connectivity index (χ0) is 14.3. The van der Waals surface area contributed by atoms with Gasteiger partial charge in [0, 0.05) is 6.07 Å². The van der Waals surface area contributed by atoms with Crippen molar-refractivity contribution in [3.8, 4) is 0 Å². The van der Waals surface area contributed by atoms with Gasteiger partial charge in [-0.1, -0.05) is 6.07 Å². The first kappa shape index (κ1) is 12.3. The Hall–Kier alpha value is -2.77. The second-order valence-electron chi connectivity index (χ2n) is 4.58. The number of aliphatic imine (C=N–C) groups is 1. The van der Waals surface area contributed by atoms with Crippen molar-refractivity contribution in [1.82, 2.24) is 10.2 Å². The lowest BCUT2D eigenvalue weighted by molar-refractivity contribution is -0.385. The predicted molar refractivity (Wildman–Crippen MR) is 68.3 cm³/mol. The molecule has 1 unspecified atom stereocenters. The number of benzene rings is 1. The molecular formula is C12H10N4O4. The number of fused-ring (bicyclic) bond motifs is 1. The molecule has 102 valence electrons. The maximum atomic E-state index is 11.6. The number of nitrogens with zero attached hydrogens (tertiary/aromatic N) is 3. The third-order valence-corrected chi connectivity index (χ3v) is 3.35. The van der Waals surface area contributed by atoms with E-state index < -0.39 is 16.9 Å². The summed E-state index contributed by atoms with van der Waals surface area (Å²) in [6, 6.07) is 3.99. The molecule has 2 aliphatic rings. The molecule has 0 radical (unpaired) electrons. The van der Waals surface area contributed by atoms with E-state index in [4.69, 9.17) is 0 Å². The Balaban J connectivity index is 1.94. The molecule has 2 heterocycles. The lowest BCUT2D eigenvalue weighted by atomic mass is 10.1. The summed E-state index contributed by atoms with van der Waals surface area (Å²) in [5.74, 6) is -0.745. The molecule has 2 amide bonds. The highest BCUT2D eigenvalue weighted by atomic mass is 16.6. The van der Waals surface area contributed by atoms with Gasteiger partial charge in [0.25, 0.3) is 5.69 Å². The quantitative estimate of drug-likeness (QED) is 0.480. The second kappa shape index (κ2) is 4.41. The molecule has 0 saturated carbocycles. The van der Waals surface area contributed by atoms with E-state index in [2.05, 4.69) is 10.3 Å². The molecule has 8 nitrogen and oxygen atoms in total. The van der Waals surface area contributed by atoms with Crippen LogP contribution < -0.4 is 5.32 Å². The number of imide groups is 1. The number of carbonyl (C=O) groups is 2. The van der Waals surface area contributed by atoms with E-state index in [1.54, 1.807) is 17.0 Å². The molecule has 1 aromatic rings. The van der Waals surface area contributed by atoms with Crippen LogP contribution in [-0.2, 0) is 16.1 Å². The molecule has 1 fully saturated rings. The lowest BCUT2D eigenvalue weighted by Gasteiger charge is -2.27. The molecular weight excluding hydrogens is 264 g/mol. The summed E-state index contributed by atoms with van der Waals surface area (Å²) in [5, 5.41) is 13.2. The molecule has 1 aromatic carbocycles. The van der Waals surface area contributed by atoms with Gasteiger partial charge in [0.15, 0.2) is 0 Å². The highest BCUT2D eigenvalue weighted by Crippen LogP contribution is 2.33. The SMILES string of the molecule is O=C1CC(N2C=Nc3cccc([N+](=O)[O-])c3C2)C(=O)N1. The normalized spacial score (nSPS) is 20.8. The largest absolute Gasteiger partial charge is 0.345 e. The number of hydrogen-bond acceptors (Lipinski definition) is 6. The topological polar surface area (TPSA) is 105 Å². The first-order valence-electron chi connectivity index (χ1n) is 5.96. The Morgan fingerprint density at radius 2 is 2.20 bits per heavy atom. The standard InChI is InChI=1S/C12H10N4O4/c17-11-4-10(12(18)14-11)15-5-7-8(13-6-15)2-1-3-9(7)16(19)20/h1-3,6,10H,4-5H2,(H,14,17,18). The van der Waals surface area contributed by atoms with Crippen molar-refractivity contribution >= 4 is 29.5 Å². The number of nitro benzene ring substituents is 1. The molecule has 0 aliphatic carbocycles. The van der Waals surface area contributed by atoms with Gasteiger partial charge in [0.2, 0.25) is 11.8 Å². The summed E-state index contributed by atoms with van der Waals surface area (Å²) >= 11 is 0. The number of amides is 2. The minimum atomic E-state index is -0.654. The van der Waals surface area contributed by atoms with E-state index in [9.17, 15) is 19.7 Å². The van der Waals surface area contributed by atoms with Crippen LogP contribution in [0.25, 0.3) is 0 Å². The zero-order valence-corrected chi connectivity index (χ0v) is 10.3. The summed E-state index contributed by atoms with van der Waals surface area (Å²) in [6.07, 6.45) is 1.50. The fourth-order valence-electron chi connectivity index (χ4n) is 2.38. The van der Waals surface area contributed by atoms with Crippen LogP contribution in [0, 0.1) is 10.1 Å². The molecule has 1 saturated heterocycles. The molecule has 1 atom stereocenters. The Bertz CT molecular complexity index is 655. The van der Waals surface area contributed by atoms with Gasteiger partial charge in [-0.2, -0.15) is 0 Å². The van der Waals surface area contributed by atoms with Crippen LogP contribution in [0.1, 0.15) is 12.0 Å². The van der Waals surface area contributed by atoms with Gasteiger partial charge in [-0.3, -0.25) is 25.0 Å². The van der Waals surface area contributed by atoms with Crippen molar-refractivity contribution in [2.24, 2.45) is 4.99 Å². The number of rotatable bonds is 2. The summed E-state index contributed by atoms with van der Waals surface area (Å²) in [5.41, 5.74) is 0.932. The molecule has 0 aromatic heterocycles. The van der Waals surface area contributed by atoms with E-state index in [1.807, 2.05) is 0 Å². The highest BCUT2D eigenvalue weighted by Gasteiger charge is 2.36. The summed E-state index contributed by atoms with van der Waals surface area (Å²) in [7, 11) is 0. The van der Waals surface area contributed by atoms with Gasteiger partial charge in [-0.05, 0) is 6.07 Å². The third kappa shape index (κ3) is 1.91. The smallest absolute Gasteiger partial charge is 0.276 e. The van der Waals surface area contributed by atoms with Gasteiger partial charge in [0.1, 0.15) is 6.04 Å². The average Bonchev–Trinajstić information content (AvgIpc) is 2.76. The molecule has 1 N–H and O–H groups in total. The molecule has 0 spiro atoms. The van der Waals surface area contributed by atoms with Crippen molar-refractivity contribution < 1.29 is 14.5 Å². The number of carbonyl (C=O) groups excluding carboxylic acids is 2. The summed E-state index contributed by atoms with van der Waals surface area (Å²) in [4.78, 5) is 39.1. The van der Waals surface area contributed by atoms with Gasteiger partial charge >= 0.3 is 0 Å². The first-order chi connectivity index (χ1) is 9.56. The Morgan fingerprint density at radius 3 is 2.85 bits per heavy atom. The van der Waals surface area contributed by atoms with Gasteiger partial charge < -0.3 is 4.90 Å². The zero-order valence-electron chi connectivity index (χ0n) is 10.3. The fourth-order valence-corrected chi connectivity index (χ4v) is 2.38. The van der Waals surface area contributed by atoms with E-state index >= 15 is 0 Å². The summed E-state index contributed by atoms with van der Waals surface area (Å²) < 4.78 is 0. The van der Waals surface area contributed by atoms with Crippen molar-refractivity contribution in [1.29, 1.82) is 0 Å². The van der Waals surface area contributed by atoms with Crippen LogP contribution in [0.15, 0.2) is 23.2 Å². The minimum Gasteiger partial charge on any atom is -0.345 e. The second-order valence-corrected chi connectivity index (χ2v) is 4.58. The van der Waals surface area contributed by atoms with E-state index in [-0.39, 0.29) is 24.6 Å². The minimum absolute atomic E-state index is 0.0333. The number of nitrogens with one attached hydrogen (secondary N) is 1. The lowest BCUT2D eigenvalue weighted by Crippen LogP contribution is -2.40. The van der Waals surface area contributed by atoms with Crippen LogP contribution in [0.4, 0.5) is 11.4 Å². The third-order valence-electron chi connectivity index (χ3n) is 3.35. The predicted octanol–water partition coefficient (Wildman–Crippen LogP) is 0.485. The van der Waals surface area contributed by atoms with Gasteiger partial charge in [-0.15, -0.1) is 0 Å². The number of nitro groups is 1. The van der Waals surface area contributed by atoms with E-state index in [0.29, 0.717) is 11.3 Å². The number of hydrogen-bond donors (Lipinski definition) is 1. The molecule has 2 aliphatic heterocycles. The van der Waals surface area contributed by atoms with Gasteiger partial charge in [0.05, 0.1) is 35.5 Å². The van der Waals surface area contributed by atoms with Crippen LogP contribution in [0.2, 0.25) is 0 Å². The van der Waals surface area contributed by atoms with E-state index in [0.717, 1.165) is 0 Å².